The summed E-state index contributed by atoms with van der Waals surface area (Å²) in [5.74, 6) is -1.67. The molecule has 0 radical (unpaired) electrons. The third-order valence-electron chi connectivity index (χ3n) is 3.84. The van der Waals surface area contributed by atoms with E-state index in [9.17, 15) is 18.8 Å². The molecule has 0 aromatic heterocycles. The van der Waals surface area contributed by atoms with E-state index < -0.39 is 30.1 Å². The third kappa shape index (κ3) is 1.58. The topological polar surface area (TPSA) is 69.7 Å². The molecular formula is C12H11BFNO5. The largest absolute Gasteiger partial charge is 0.654 e. The second kappa shape index (κ2) is 3.89. The number of likely N-dealkylation sites (N-methyl/N-ethyl adjacent to an activating group) is 1. The second-order valence-electron chi connectivity index (χ2n) is 5.32. The summed E-state index contributed by atoms with van der Waals surface area (Å²) in [7, 11) is 1.57. The Morgan fingerprint density at radius 3 is 2.15 bits per heavy atom. The van der Waals surface area contributed by atoms with Gasteiger partial charge in [0.25, 0.3) is 0 Å². The minimum absolute atomic E-state index is 0.0985. The Labute approximate surface area is 113 Å². The van der Waals surface area contributed by atoms with E-state index in [0.29, 0.717) is 0 Å². The van der Waals surface area contributed by atoms with Crippen molar-refractivity contribution >= 4 is 24.3 Å². The molecule has 8 heteroatoms. The summed E-state index contributed by atoms with van der Waals surface area (Å²) in [5, 5.41) is 0. The quantitative estimate of drug-likeness (QED) is 0.715. The molecule has 3 rings (SSSR count). The molecule has 1 aromatic rings. The van der Waals surface area contributed by atoms with Crippen LogP contribution in [0.3, 0.4) is 0 Å². The van der Waals surface area contributed by atoms with Gasteiger partial charge in [-0.25, -0.2) is 4.39 Å². The van der Waals surface area contributed by atoms with Gasteiger partial charge < -0.3 is 18.5 Å². The van der Waals surface area contributed by atoms with Crippen molar-refractivity contribution < 1.29 is 32.5 Å². The number of benzene rings is 1. The lowest BCUT2D eigenvalue weighted by Crippen LogP contribution is -2.65. The first-order valence-corrected chi connectivity index (χ1v) is 6.09. The maximum absolute atomic E-state index is 12.9. The number of carbonyl (C=O) groups excluding carboxylic acids is 3. The van der Waals surface area contributed by atoms with Crippen LogP contribution in [0.5, 0.6) is 0 Å². The van der Waals surface area contributed by atoms with Crippen molar-refractivity contribution in [3.63, 3.8) is 0 Å². The smallest absolute Gasteiger partial charge is 0.594 e. The predicted molar refractivity (Wildman–Crippen MR) is 64.6 cm³/mol. The number of fused-ring (bicyclic) bond motifs is 1. The highest BCUT2D eigenvalue weighted by Crippen LogP contribution is 2.35. The average Bonchev–Trinajstić information content (AvgIpc) is 2.73. The minimum atomic E-state index is -2.77. The molecule has 2 fully saturated rings. The van der Waals surface area contributed by atoms with E-state index in [2.05, 4.69) is 0 Å². The molecular weight excluding hydrogens is 268 g/mol. The molecule has 0 spiro atoms. The van der Waals surface area contributed by atoms with E-state index in [1.54, 1.807) is 7.05 Å². The zero-order chi connectivity index (χ0) is 14.5. The van der Waals surface area contributed by atoms with Crippen LogP contribution in [-0.2, 0) is 18.9 Å². The Bertz CT molecular complexity index is 609. The molecule has 2 saturated heterocycles. The number of hydrogen-bond donors (Lipinski definition) is 0. The number of rotatable bonds is 2. The Morgan fingerprint density at radius 1 is 1.15 bits per heavy atom. The molecule has 104 valence electrons. The lowest BCUT2D eigenvalue weighted by atomic mass is 9.61. The molecule has 6 nitrogen and oxygen atoms in total. The van der Waals surface area contributed by atoms with Crippen LogP contribution in [0, 0.1) is 5.82 Å². The van der Waals surface area contributed by atoms with Crippen LogP contribution >= 0.6 is 0 Å². The van der Waals surface area contributed by atoms with Gasteiger partial charge in [-0.05, 0) is 17.7 Å². The Morgan fingerprint density at radius 2 is 1.65 bits per heavy atom. The van der Waals surface area contributed by atoms with Crippen LogP contribution in [0.2, 0.25) is 0 Å². The molecule has 2 heterocycles. The van der Waals surface area contributed by atoms with E-state index in [1.165, 1.54) is 12.1 Å². The fourth-order valence-corrected chi connectivity index (χ4v) is 2.81. The maximum Gasteiger partial charge on any atom is 0.654 e. The molecule has 0 amide bonds. The zero-order valence-corrected chi connectivity index (χ0v) is 10.7. The first-order valence-electron chi connectivity index (χ1n) is 6.09. The van der Waals surface area contributed by atoms with Crippen LogP contribution in [0.25, 0.3) is 0 Å². The summed E-state index contributed by atoms with van der Waals surface area (Å²) in [4.78, 5) is 35.7. The van der Waals surface area contributed by atoms with Crippen molar-refractivity contribution in [2.24, 2.45) is 0 Å². The van der Waals surface area contributed by atoms with Gasteiger partial charge in [0.15, 0.2) is 5.68 Å². The van der Waals surface area contributed by atoms with Gasteiger partial charge in [-0.3, -0.25) is 9.59 Å². The van der Waals surface area contributed by atoms with E-state index in [-0.39, 0.29) is 23.0 Å². The van der Waals surface area contributed by atoms with Crippen LogP contribution in [0.4, 0.5) is 4.39 Å². The van der Waals surface area contributed by atoms with Crippen molar-refractivity contribution in [1.82, 2.24) is 0 Å². The van der Waals surface area contributed by atoms with Crippen molar-refractivity contribution in [2.75, 3.05) is 20.1 Å². The Hall–Kier alpha value is -2.22. The molecule has 0 saturated carbocycles. The van der Waals surface area contributed by atoms with Gasteiger partial charge in [0, 0.05) is 7.05 Å². The molecule has 20 heavy (non-hydrogen) atoms. The standard InChI is InChI=1S/C12H11BFNO5/c1-15-6-10(16)19-13(15,20-11(17)7-15)12(18)8-2-4-9(14)5-3-8/h2-5H,6-7H2,1H3. The highest BCUT2D eigenvalue weighted by atomic mass is 19.1. The van der Waals surface area contributed by atoms with E-state index in [0.717, 1.165) is 12.1 Å². The Balaban J connectivity index is 2.06. The molecule has 0 aliphatic carbocycles. The SMILES string of the molecule is C[N+]12CC(=O)O[B-]1(C(=O)c1ccc(F)cc1)OC(=O)C2. The third-order valence-corrected chi connectivity index (χ3v) is 3.84. The molecule has 0 unspecified atom stereocenters. The summed E-state index contributed by atoms with van der Waals surface area (Å²) in [6.45, 7) is -2.97. The number of quaternary nitrogens is 1. The lowest BCUT2D eigenvalue weighted by molar-refractivity contribution is -0.790. The van der Waals surface area contributed by atoms with Crippen molar-refractivity contribution in [3.05, 3.63) is 35.6 Å². The molecule has 1 aromatic carbocycles. The lowest BCUT2D eigenvalue weighted by Gasteiger charge is -2.38. The summed E-state index contributed by atoms with van der Waals surface area (Å²) in [6.07, 6.45) is 0. The highest BCUT2D eigenvalue weighted by molar-refractivity contribution is 6.97. The van der Waals surface area contributed by atoms with Crippen LogP contribution < -0.4 is 0 Å². The highest BCUT2D eigenvalue weighted by Gasteiger charge is 2.70. The van der Waals surface area contributed by atoms with Crippen molar-refractivity contribution in [3.8, 4) is 0 Å². The fourth-order valence-electron chi connectivity index (χ4n) is 2.81. The molecule has 0 atom stereocenters. The predicted octanol–water partition coefficient (Wildman–Crippen LogP) is 0.0467. The second-order valence-corrected chi connectivity index (χ2v) is 5.32. The normalized spacial score (nSPS) is 31.7. The number of nitrogens with zero attached hydrogens (tertiary/aromatic N) is 1. The van der Waals surface area contributed by atoms with Gasteiger partial charge in [0.1, 0.15) is 18.9 Å². The van der Waals surface area contributed by atoms with Gasteiger partial charge in [-0.15, -0.1) is 0 Å². The summed E-state index contributed by atoms with van der Waals surface area (Å²) in [6, 6.07) is 4.79. The first-order chi connectivity index (χ1) is 9.36. The monoisotopic (exact) mass is 279 g/mol. The van der Waals surface area contributed by atoms with Gasteiger partial charge in [0.05, 0.1) is 0 Å². The number of hydrogen-bond acceptors (Lipinski definition) is 5. The molecule has 0 N–H and O–H groups in total. The number of carbonyl (C=O) groups is 3. The zero-order valence-electron chi connectivity index (χ0n) is 10.7. The van der Waals surface area contributed by atoms with E-state index in [1.807, 2.05) is 0 Å². The van der Waals surface area contributed by atoms with E-state index in [4.69, 9.17) is 9.31 Å². The summed E-state index contributed by atoms with van der Waals surface area (Å²) in [5.41, 5.74) is -0.468. The van der Waals surface area contributed by atoms with E-state index >= 15 is 0 Å². The fraction of sp³-hybridized carbons (Fsp3) is 0.250. The summed E-state index contributed by atoms with van der Waals surface area (Å²) >= 11 is 0. The van der Waals surface area contributed by atoms with Crippen LogP contribution in [-0.4, -0.2) is 48.8 Å². The summed E-state index contributed by atoms with van der Waals surface area (Å²) < 4.78 is 22.9. The molecule has 2 aliphatic rings. The molecule has 0 bridgehead atoms. The van der Waals surface area contributed by atoms with Gasteiger partial charge in [0.2, 0.25) is 0 Å². The maximum atomic E-state index is 12.9. The average molecular weight is 279 g/mol. The van der Waals surface area contributed by atoms with Gasteiger partial charge in [-0.2, -0.15) is 0 Å². The van der Waals surface area contributed by atoms with Gasteiger partial charge >= 0.3 is 18.6 Å². The van der Waals surface area contributed by atoms with Crippen molar-refractivity contribution in [2.45, 2.75) is 0 Å². The minimum Gasteiger partial charge on any atom is -0.594 e. The first kappa shape index (κ1) is 12.8. The number of halogens is 1. The van der Waals surface area contributed by atoms with Crippen LogP contribution in [0.1, 0.15) is 10.4 Å². The van der Waals surface area contributed by atoms with Crippen LogP contribution in [0.15, 0.2) is 24.3 Å². The Kier molecular flexibility index (Phi) is 2.49. The molecule has 2 aliphatic heterocycles. The van der Waals surface area contributed by atoms with Crippen molar-refractivity contribution in [1.29, 1.82) is 0 Å². The van der Waals surface area contributed by atoms with Gasteiger partial charge in [-0.1, -0.05) is 12.1 Å².